The Morgan fingerprint density at radius 2 is 1.86 bits per heavy atom. The quantitative estimate of drug-likeness (QED) is 0.506. The molecule has 0 saturated carbocycles. The number of nitrogens with one attached hydrogen (secondary N) is 1. The van der Waals surface area contributed by atoms with E-state index >= 15 is 0 Å². The molecule has 10 heteroatoms. The SMILES string of the molecule is CCOc1cc(NS(C)(=O)=O)ccc1C(=O)N1CC(c2ccc(OC)c(OC)c2)c2cccnc21. The van der Waals surface area contributed by atoms with Gasteiger partial charge < -0.3 is 14.2 Å². The lowest BCUT2D eigenvalue weighted by molar-refractivity contribution is 0.0984. The van der Waals surface area contributed by atoms with E-state index in [1.165, 1.54) is 12.1 Å². The van der Waals surface area contributed by atoms with Crippen molar-refractivity contribution in [3.05, 3.63) is 71.4 Å². The lowest BCUT2D eigenvalue weighted by atomic mass is 9.94. The van der Waals surface area contributed by atoms with E-state index in [9.17, 15) is 13.2 Å². The third-order valence-corrected chi connectivity index (χ3v) is 6.29. The number of anilines is 2. The van der Waals surface area contributed by atoms with Gasteiger partial charge in [0.05, 0.1) is 38.3 Å². The number of hydrogen-bond acceptors (Lipinski definition) is 7. The minimum absolute atomic E-state index is 0.121. The van der Waals surface area contributed by atoms with Crippen LogP contribution in [-0.4, -0.2) is 52.9 Å². The lowest BCUT2D eigenvalue weighted by Crippen LogP contribution is -2.31. The van der Waals surface area contributed by atoms with Gasteiger partial charge in [-0.05, 0) is 42.8 Å². The Balaban J connectivity index is 1.71. The molecule has 0 bridgehead atoms. The highest BCUT2D eigenvalue weighted by atomic mass is 32.2. The van der Waals surface area contributed by atoms with E-state index in [1.807, 2.05) is 30.3 Å². The van der Waals surface area contributed by atoms with Crippen LogP contribution in [0.5, 0.6) is 17.2 Å². The molecule has 0 radical (unpaired) electrons. The Morgan fingerprint density at radius 3 is 2.54 bits per heavy atom. The fourth-order valence-corrected chi connectivity index (χ4v) is 4.76. The Bertz CT molecular complexity index is 1360. The van der Waals surface area contributed by atoms with Crippen LogP contribution in [0.3, 0.4) is 0 Å². The Morgan fingerprint density at radius 1 is 1.09 bits per heavy atom. The molecule has 1 atom stereocenters. The van der Waals surface area contributed by atoms with Crippen LogP contribution in [0.4, 0.5) is 11.5 Å². The predicted octanol–water partition coefficient (Wildman–Crippen LogP) is 3.66. The van der Waals surface area contributed by atoms with E-state index in [0.29, 0.717) is 41.7 Å². The van der Waals surface area contributed by atoms with Crippen molar-refractivity contribution in [1.29, 1.82) is 0 Å². The molecule has 0 spiro atoms. The number of hydrogen-bond donors (Lipinski definition) is 1. The topological polar surface area (TPSA) is 107 Å². The number of rotatable bonds is 8. The van der Waals surface area contributed by atoms with E-state index in [1.54, 1.807) is 38.3 Å². The van der Waals surface area contributed by atoms with Crippen LogP contribution in [0.25, 0.3) is 0 Å². The van der Waals surface area contributed by atoms with E-state index < -0.39 is 10.0 Å². The molecular weight excluding hydrogens is 470 g/mol. The van der Waals surface area contributed by atoms with Crippen molar-refractivity contribution in [3.8, 4) is 17.2 Å². The second-order valence-electron chi connectivity index (χ2n) is 8.02. The standard InChI is InChI=1S/C25H27N3O6S/c1-5-34-22-14-17(27-35(4,30)31)9-10-19(22)25(29)28-15-20(18-7-6-12-26-24(18)28)16-8-11-21(32-2)23(13-16)33-3/h6-14,20,27H,5,15H2,1-4H3. The summed E-state index contributed by atoms with van der Waals surface area (Å²) in [6.45, 7) is 2.48. The lowest BCUT2D eigenvalue weighted by Gasteiger charge is -2.20. The van der Waals surface area contributed by atoms with Crippen LogP contribution in [0.15, 0.2) is 54.7 Å². The molecule has 1 N–H and O–H groups in total. The average Bonchev–Trinajstić information content (AvgIpc) is 3.22. The second-order valence-corrected chi connectivity index (χ2v) is 9.77. The number of nitrogens with zero attached hydrogens (tertiary/aromatic N) is 2. The van der Waals surface area contributed by atoms with Gasteiger partial charge in [-0.25, -0.2) is 13.4 Å². The first-order chi connectivity index (χ1) is 16.8. The molecule has 1 amide bonds. The summed E-state index contributed by atoms with van der Waals surface area (Å²) in [5.74, 6) is 1.67. The van der Waals surface area contributed by atoms with Crippen LogP contribution in [0, 0.1) is 0 Å². The molecule has 1 aliphatic heterocycles. The van der Waals surface area contributed by atoms with Crippen molar-refractivity contribution in [2.75, 3.05) is 43.2 Å². The summed E-state index contributed by atoms with van der Waals surface area (Å²) in [5.41, 5.74) is 2.51. The molecule has 1 unspecified atom stereocenters. The monoisotopic (exact) mass is 497 g/mol. The van der Waals surface area contributed by atoms with E-state index in [0.717, 1.165) is 17.4 Å². The van der Waals surface area contributed by atoms with Crippen molar-refractivity contribution in [2.24, 2.45) is 0 Å². The van der Waals surface area contributed by atoms with Crippen molar-refractivity contribution in [2.45, 2.75) is 12.8 Å². The van der Waals surface area contributed by atoms with Gasteiger partial charge in [0.2, 0.25) is 10.0 Å². The molecule has 0 saturated heterocycles. The Labute approximate surface area is 204 Å². The highest BCUT2D eigenvalue weighted by Gasteiger charge is 2.36. The number of aromatic nitrogens is 1. The normalized spacial score (nSPS) is 14.9. The Hall–Kier alpha value is -3.79. The first-order valence-corrected chi connectivity index (χ1v) is 12.9. The van der Waals surface area contributed by atoms with Crippen LogP contribution in [0.1, 0.15) is 34.3 Å². The molecule has 35 heavy (non-hydrogen) atoms. The van der Waals surface area contributed by atoms with Gasteiger partial charge >= 0.3 is 0 Å². The fourth-order valence-electron chi connectivity index (χ4n) is 4.20. The first kappa shape index (κ1) is 24.3. The third kappa shape index (κ3) is 5.02. The fraction of sp³-hybridized carbons (Fsp3) is 0.280. The van der Waals surface area contributed by atoms with Gasteiger partial charge in [0.1, 0.15) is 11.6 Å². The molecule has 2 heterocycles. The van der Waals surface area contributed by atoms with Gasteiger partial charge in [0, 0.05) is 30.3 Å². The van der Waals surface area contributed by atoms with E-state index in [-0.39, 0.29) is 17.6 Å². The smallest absolute Gasteiger partial charge is 0.263 e. The third-order valence-electron chi connectivity index (χ3n) is 5.68. The summed E-state index contributed by atoms with van der Waals surface area (Å²) in [6.07, 6.45) is 2.71. The van der Waals surface area contributed by atoms with Crippen molar-refractivity contribution >= 4 is 27.4 Å². The maximum atomic E-state index is 13.7. The molecular formula is C25H27N3O6S. The number of carbonyl (C=O) groups is 1. The maximum Gasteiger partial charge on any atom is 0.263 e. The summed E-state index contributed by atoms with van der Waals surface area (Å²) in [4.78, 5) is 19.8. The first-order valence-electron chi connectivity index (χ1n) is 11.0. The van der Waals surface area contributed by atoms with Crippen molar-refractivity contribution in [3.63, 3.8) is 0 Å². The number of benzene rings is 2. The molecule has 2 aromatic carbocycles. The summed E-state index contributed by atoms with van der Waals surface area (Å²) in [7, 11) is -0.311. The minimum Gasteiger partial charge on any atom is -0.493 e. The predicted molar refractivity (Wildman–Crippen MR) is 133 cm³/mol. The number of sulfonamides is 1. The molecule has 3 aromatic rings. The van der Waals surface area contributed by atoms with Crippen molar-refractivity contribution < 1.29 is 27.4 Å². The van der Waals surface area contributed by atoms with Gasteiger partial charge in [0.25, 0.3) is 5.91 Å². The summed E-state index contributed by atoms with van der Waals surface area (Å²) in [6, 6.07) is 14.1. The van der Waals surface area contributed by atoms with E-state index in [4.69, 9.17) is 14.2 Å². The number of fused-ring (bicyclic) bond motifs is 1. The second kappa shape index (κ2) is 9.83. The summed E-state index contributed by atoms with van der Waals surface area (Å²) < 4.78 is 42.2. The average molecular weight is 498 g/mol. The summed E-state index contributed by atoms with van der Waals surface area (Å²) in [5, 5.41) is 0. The number of amides is 1. The van der Waals surface area contributed by atoms with Gasteiger partial charge in [-0.15, -0.1) is 0 Å². The highest BCUT2D eigenvalue weighted by molar-refractivity contribution is 7.92. The number of ether oxygens (including phenoxy) is 3. The molecule has 1 aliphatic rings. The molecule has 9 nitrogen and oxygen atoms in total. The van der Waals surface area contributed by atoms with Gasteiger partial charge in [0.15, 0.2) is 11.5 Å². The molecule has 0 aliphatic carbocycles. The number of carbonyl (C=O) groups excluding carboxylic acids is 1. The van der Waals surface area contributed by atoms with E-state index in [2.05, 4.69) is 9.71 Å². The highest BCUT2D eigenvalue weighted by Crippen LogP contribution is 2.42. The largest absolute Gasteiger partial charge is 0.493 e. The molecule has 184 valence electrons. The minimum atomic E-state index is -3.48. The molecule has 1 aromatic heterocycles. The Kier molecular flexibility index (Phi) is 6.83. The molecule has 4 rings (SSSR count). The maximum absolute atomic E-state index is 13.7. The van der Waals surface area contributed by atoms with Gasteiger partial charge in [-0.2, -0.15) is 0 Å². The zero-order valence-electron chi connectivity index (χ0n) is 19.9. The zero-order valence-corrected chi connectivity index (χ0v) is 20.8. The van der Waals surface area contributed by atoms with Gasteiger partial charge in [-0.3, -0.25) is 14.4 Å². The zero-order chi connectivity index (χ0) is 25.2. The van der Waals surface area contributed by atoms with Crippen LogP contribution >= 0.6 is 0 Å². The summed E-state index contributed by atoms with van der Waals surface area (Å²) >= 11 is 0. The van der Waals surface area contributed by atoms with Crippen LogP contribution in [0.2, 0.25) is 0 Å². The number of pyridine rings is 1. The van der Waals surface area contributed by atoms with Crippen LogP contribution < -0.4 is 23.8 Å². The van der Waals surface area contributed by atoms with Crippen molar-refractivity contribution in [1.82, 2.24) is 4.98 Å². The number of methoxy groups -OCH3 is 2. The van der Waals surface area contributed by atoms with Gasteiger partial charge in [-0.1, -0.05) is 12.1 Å². The van der Waals surface area contributed by atoms with Crippen LogP contribution in [-0.2, 0) is 10.0 Å². The molecule has 0 fully saturated rings.